The van der Waals surface area contributed by atoms with E-state index in [0.717, 1.165) is 11.3 Å². The van der Waals surface area contributed by atoms with Gasteiger partial charge in [-0.1, -0.05) is 23.7 Å². The third kappa shape index (κ3) is 7.74. The van der Waals surface area contributed by atoms with Crippen LogP contribution >= 0.6 is 27.5 Å². The highest BCUT2D eigenvalue weighted by Gasteiger charge is 2.28. The lowest BCUT2D eigenvalue weighted by molar-refractivity contribution is -0.142. The van der Waals surface area contributed by atoms with Gasteiger partial charge in [-0.05, 0) is 79.5 Å². The van der Waals surface area contributed by atoms with Crippen LogP contribution in [-0.4, -0.2) is 42.0 Å². The van der Waals surface area contributed by atoms with Gasteiger partial charge >= 0.3 is 0 Å². The molecule has 0 aliphatic rings. The van der Waals surface area contributed by atoms with Gasteiger partial charge in [-0.15, -0.1) is 0 Å². The number of hydrogen-bond acceptors (Lipinski definition) is 4. The zero-order valence-corrected chi connectivity index (χ0v) is 20.7. The zero-order valence-electron chi connectivity index (χ0n) is 18.4. The molecule has 0 aliphatic heterocycles. The summed E-state index contributed by atoms with van der Waals surface area (Å²) in [6.45, 7) is 7.44. The quantitative estimate of drug-likeness (QED) is 0.552. The van der Waals surface area contributed by atoms with Crippen LogP contribution in [0.4, 0.5) is 0 Å². The summed E-state index contributed by atoms with van der Waals surface area (Å²) in [5.74, 6) is 0.668. The molecule has 2 amide bonds. The Balaban J connectivity index is 2.19. The molecule has 0 heterocycles. The molecule has 0 bridgehead atoms. The Hall–Kier alpha value is -2.25. The molecule has 0 aliphatic carbocycles. The van der Waals surface area contributed by atoms with Gasteiger partial charge in [-0.3, -0.25) is 9.59 Å². The minimum atomic E-state index is -0.689. The molecule has 2 aromatic rings. The second-order valence-corrected chi connectivity index (χ2v) is 9.44. The third-order valence-electron chi connectivity index (χ3n) is 4.42. The fourth-order valence-electron chi connectivity index (χ4n) is 2.80. The monoisotopic (exact) mass is 510 g/mol. The van der Waals surface area contributed by atoms with E-state index in [-0.39, 0.29) is 25.0 Å². The van der Waals surface area contributed by atoms with Crippen LogP contribution in [0.1, 0.15) is 33.3 Å². The number of ether oxygens (including phenoxy) is 2. The summed E-state index contributed by atoms with van der Waals surface area (Å²) >= 11 is 9.33. The minimum absolute atomic E-state index is 0.219. The number of halogens is 2. The standard InChI is InChI=1S/C23H28BrClN2O4/c1-15(22(29)26-23(2,3)4)27(13-16-6-9-18(30-5)10-7-16)21(28)14-31-20-11-8-17(25)12-19(20)24/h6-12,15H,13-14H2,1-5H3,(H,26,29). The molecule has 0 aromatic heterocycles. The van der Waals surface area contributed by atoms with E-state index >= 15 is 0 Å². The van der Waals surface area contributed by atoms with Crippen LogP contribution in [0.5, 0.6) is 11.5 Å². The zero-order chi connectivity index (χ0) is 23.2. The summed E-state index contributed by atoms with van der Waals surface area (Å²) in [6.07, 6.45) is 0. The fraction of sp³-hybridized carbons (Fsp3) is 0.391. The van der Waals surface area contributed by atoms with Crippen LogP contribution < -0.4 is 14.8 Å². The van der Waals surface area contributed by atoms with Gasteiger partial charge in [-0.2, -0.15) is 0 Å². The van der Waals surface area contributed by atoms with Gasteiger partial charge in [0.1, 0.15) is 17.5 Å². The number of amides is 2. The summed E-state index contributed by atoms with van der Waals surface area (Å²) in [7, 11) is 1.59. The molecule has 8 heteroatoms. The summed E-state index contributed by atoms with van der Waals surface area (Å²) in [5, 5.41) is 3.49. The van der Waals surface area contributed by atoms with Gasteiger partial charge in [0.15, 0.2) is 6.61 Å². The van der Waals surface area contributed by atoms with Crippen molar-refractivity contribution in [3.63, 3.8) is 0 Å². The first-order valence-electron chi connectivity index (χ1n) is 9.82. The first kappa shape index (κ1) is 25.0. The normalized spacial score (nSPS) is 12.1. The topological polar surface area (TPSA) is 67.9 Å². The van der Waals surface area contributed by atoms with Crippen LogP contribution in [0.25, 0.3) is 0 Å². The number of carbonyl (C=O) groups excluding carboxylic acids is 2. The molecule has 1 N–H and O–H groups in total. The number of nitrogens with one attached hydrogen (secondary N) is 1. The van der Waals surface area contributed by atoms with Crippen LogP contribution in [0.2, 0.25) is 5.02 Å². The number of carbonyl (C=O) groups is 2. The summed E-state index contributed by atoms with van der Waals surface area (Å²) < 4.78 is 11.5. The maximum Gasteiger partial charge on any atom is 0.261 e. The van der Waals surface area contributed by atoms with E-state index in [4.69, 9.17) is 21.1 Å². The molecule has 0 saturated carbocycles. The van der Waals surface area contributed by atoms with E-state index in [1.807, 2.05) is 45.0 Å². The van der Waals surface area contributed by atoms with Crippen molar-refractivity contribution in [1.82, 2.24) is 10.2 Å². The molecular formula is C23H28BrClN2O4. The number of rotatable bonds is 8. The lowest BCUT2D eigenvalue weighted by atomic mass is 10.1. The maximum atomic E-state index is 13.1. The second-order valence-electron chi connectivity index (χ2n) is 8.15. The molecule has 31 heavy (non-hydrogen) atoms. The van der Waals surface area contributed by atoms with Crippen molar-refractivity contribution in [2.75, 3.05) is 13.7 Å². The van der Waals surface area contributed by atoms with Crippen LogP contribution in [0.3, 0.4) is 0 Å². The predicted molar refractivity (Wildman–Crippen MR) is 126 cm³/mol. The molecule has 168 valence electrons. The van der Waals surface area contributed by atoms with Gasteiger partial charge in [0.2, 0.25) is 5.91 Å². The second kappa shape index (κ2) is 10.9. The highest BCUT2D eigenvalue weighted by atomic mass is 79.9. The van der Waals surface area contributed by atoms with E-state index in [9.17, 15) is 9.59 Å². The molecule has 0 spiro atoms. The van der Waals surface area contributed by atoms with Gasteiger partial charge in [0.05, 0.1) is 11.6 Å². The van der Waals surface area contributed by atoms with Crippen molar-refractivity contribution in [3.05, 3.63) is 57.5 Å². The Bertz CT molecular complexity index is 913. The predicted octanol–water partition coefficient (Wildman–Crippen LogP) is 4.82. The van der Waals surface area contributed by atoms with Crippen LogP contribution in [0, 0.1) is 0 Å². The Morgan fingerprint density at radius 2 is 1.81 bits per heavy atom. The minimum Gasteiger partial charge on any atom is -0.497 e. The Kier molecular flexibility index (Phi) is 8.77. The maximum absolute atomic E-state index is 13.1. The smallest absolute Gasteiger partial charge is 0.261 e. The van der Waals surface area contributed by atoms with E-state index in [1.165, 1.54) is 4.90 Å². The SMILES string of the molecule is COc1ccc(CN(C(=O)COc2ccc(Cl)cc2Br)C(C)C(=O)NC(C)(C)C)cc1. The fourth-order valence-corrected chi connectivity index (χ4v) is 3.60. The summed E-state index contributed by atoms with van der Waals surface area (Å²) in [4.78, 5) is 27.4. The van der Waals surface area contributed by atoms with E-state index in [1.54, 1.807) is 32.2 Å². The molecular weight excluding hydrogens is 484 g/mol. The average molecular weight is 512 g/mol. The average Bonchev–Trinajstić information content (AvgIpc) is 2.69. The van der Waals surface area contributed by atoms with Gasteiger partial charge < -0.3 is 19.7 Å². The lowest BCUT2D eigenvalue weighted by Crippen LogP contribution is -2.53. The third-order valence-corrected chi connectivity index (χ3v) is 5.28. The molecule has 0 fully saturated rings. The summed E-state index contributed by atoms with van der Waals surface area (Å²) in [6, 6.07) is 11.7. The van der Waals surface area contributed by atoms with E-state index < -0.39 is 11.6 Å². The van der Waals surface area contributed by atoms with Crippen molar-refractivity contribution in [2.45, 2.75) is 45.8 Å². The highest BCUT2D eigenvalue weighted by Crippen LogP contribution is 2.28. The van der Waals surface area contributed by atoms with E-state index in [0.29, 0.717) is 15.2 Å². The number of methoxy groups -OCH3 is 1. The van der Waals surface area contributed by atoms with Crippen molar-refractivity contribution >= 4 is 39.3 Å². The molecule has 6 nitrogen and oxygen atoms in total. The number of benzene rings is 2. The Labute approximate surface area is 197 Å². The van der Waals surface area contributed by atoms with Crippen LogP contribution in [0.15, 0.2) is 46.9 Å². The molecule has 0 radical (unpaired) electrons. The van der Waals surface area contributed by atoms with Crippen molar-refractivity contribution in [1.29, 1.82) is 0 Å². The summed E-state index contributed by atoms with van der Waals surface area (Å²) in [5.41, 5.74) is 0.461. The number of nitrogens with zero attached hydrogens (tertiary/aromatic N) is 1. The van der Waals surface area contributed by atoms with Crippen LogP contribution in [-0.2, 0) is 16.1 Å². The van der Waals surface area contributed by atoms with Gasteiger partial charge in [-0.25, -0.2) is 0 Å². The molecule has 1 unspecified atom stereocenters. The number of hydrogen-bond donors (Lipinski definition) is 1. The van der Waals surface area contributed by atoms with Gasteiger partial charge in [0.25, 0.3) is 5.91 Å². The van der Waals surface area contributed by atoms with Gasteiger partial charge in [0, 0.05) is 17.1 Å². The molecule has 0 saturated heterocycles. The molecule has 1 atom stereocenters. The van der Waals surface area contributed by atoms with Crippen molar-refractivity contribution in [2.24, 2.45) is 0 Å². The first-order chi connectivity index (χ1) is 14.5. The highest BCUT2D eigenvalue weighted by molar-refractivity contribution is 9.10. The van der Waals surface area contributed by atoms with Crippen molar-refractivity contribution in [3.8, 4) is 11.5 Å². The molecule has 2 rings (SSSR count). The first-order valence-corrected chi connectivity index (χ1v) is 11.0. The lowest BCUT2D eigenvalue weighted by Gasteiger charge is -2.31. The largest absolute Gasteiger partial charge is 0.497 e. The van der Waals surface area contributed by atoms with Crippen molar-refractivity contribution < 1.29 is 19.1 Å². The van der Waals surface area contributed by atoms with E-state index in [2.05, 4.69) is 21.2 Å². The Morgan fingerprint density at radius 3 is 2.35 bits per heavy atom. The molecule has 2 aromatic carbocycles. The Morgan fingerprint density at radius 1 is 1.16 bits per heavy atom.